The quantitative estimate of drug-likeness (QED) is 0.631. The summed E-state index contributed by atoms with van der Waals surface area (Å²) in [6.07, 6.45) is 3.47. The lowest BCUT2D eigenvalue weighted by molar-refractivity contribution is -0.143. The number of aliphatic carboxylic acids is 1. The molecule has 0 heterocycles. The molecule has 0 radical (unpaired) electrons. The van der Waals surface area contributed by atoms with Crippen molar-refractivity contribution in [3.63, 3.8) is 0 Å². The summed E-state index contributed by atoms with van der Waals surface area (Å²) in [5, 5.41) is 8.76. The van der Waals surface area contributed by atoms with Crippen molar-refractivity contribution >= 4 is 5.97 Å². The molecule has 0 aromatic rings. The molecule has 2 rings (SSSR count). The fourth-order valence-electron chi connectivity index (χ4n) is 1.83. The highest BCUT2D eigenvalue weighted by atomic mass is 16.4. The zero-order valence-corrected chi connectivity index (χ0v) is 6.13. The third-order valence-corrected chi connectivity index (χ3v) is 2.98. The number of hydrogen-bond acceptors (Lipinski definition) is 1. The van der Waals surface area contributed by atoms with Gasteiger partial charge in [-0.15, -0.1) is 0 Å². The second-order valence-electron chi connectivity index (χ2n) is 3.87. The molecule has 0 aromatic heterocycles. The number of rotatable bonds is 2. The van der Waals surface area contributed by atoms with Crippen LogP contribution in [0.3, 0.4) is 0 Å². The Morgan fingerprint density at radius 1 is 1.60 bits per heavy atom. The van der Waals surface area contributed by atoms with Gasteiger partial charge in [-0.3, -0.25) is 4.79 Å². The van der Waals surface area contributed by atoms with Gasteiger partial charge in [-0.1, -0.05) is 0 Å². The first-order valence-corrected chi connectivity index (χ1v) is 3.88. The molecule has 0 aliphatic heterocycles. The van der Waals surface area contributed by atoms with E-state index < -0.39 is 5.97 Å². The van der Waals surface area contributed by atoms with Gasteiger partial charge in [0.25, 0.3) is 0 Å². The lowest BCUT2D eigenvalue weighted by atomic mass is 10.1. The van der Waals surface area contributed by atoms with Crippen LogP contribution in [0.4, 0.5) is 0 Å². The zero-order valence-electron chi connectivity index (χ0n) is 6.13. The van der Waals surface area contributed by atoms with Crippen LogP contribution in [0.15, 0.2) is 0 Å². The molecule has 0 spiro atoms. The molecule has 0 bridgehead atoms. The Balaban J connectivity index is 2.02. The molecule has 10 heavy (non-hydrogen) atoms. The average Bonchev–Trinajstić information content (AvgIpc) is 2.57. The smallest absolute Gasteiger partial charge is 0.309 e. The van der Waals surface area contributed by atoms with E-state index in [0.29, 0.717) is 5.92 Å². The Labute approximate surface area is 60.2 Å². The molecule has 56 valence electrons. The molecule has 0 aromatic carbocycles. The average molecular weight is 140 g/mol. The van der Waals surface area contributed by atoms with Crippen molar-refractivity contribution in [2.45, 2.75) is 26.2 Å². The highest BCUT2D eigenvalue weighted by molar-refractivity contribution is 5.78. The monoisotopic (exact) mass is 140 g/mol. The minimum atomic E-state index is -0.593. The summed E-state index contributed by atoms with van der Waals surface area (Å²) in [5.74, 6) is 0.690. The molecular formula is C8H12O2. The van der Waals surface area contributed by atoms with Crippen molar-refractivity contribution in [1.82, 2.24) is 0 Å². The van der Waals surface area contributed by atoms with Crippen LogP contribution in [-0.2, 0) is 4.79 Å². The van der Waals surface area contributed by atoms with E-state index in [-0.39, 0.29) is 5.41 Å². The Kier molecular flexibility index (Phi) is 0.960. The van der Waals surface area contributed by atoms with Gasteiger partial charge < -0.3 is 5.11 Å². The Morgan fingerprint density at radius 3 is 2.50 bits per heavy atom. The summed E-state index contributed by atoms with van der Waals surface area (Å²) in [5.41, 5.74) is -0.332. The molecule has 2 saturated carbocycles. The number of hydrogen-bond donors (Lipinski definition) is 1. The molecule has 2 fully saturated rings. The summed E-state index contributed by atoms with van der Waals surface area (Å²) in [6, 6.07) is 0. The van der Waals surface area contributed by atoms with Crippen LogP contribution in [0, 0.1) is 17.3 Å². The van der Waals surface area contributed by atoms with Gasteiger partial charge >= 0.3 is 5.97 Å². The molecule has 0 saturated heterocycles. The largest absolute Gasteiger partial charge is 0.481 e. The third kappa shape index (κ3) is 0.678. The molecule has 2 aliphatic carbocycles. The van der Waals surface area contributed by atoms with Gasteiger partial charge in [0.2, 0.25) is 0 Å². The van der Waals surface area contributed by atoms with Gasteiger partial charge in [0.05, 0.1) is 5.41 Å². The first-order chi connectivity index (χ1) is 4.64. The third-order valence-electron chi connectivity index (χ3n) is 2.98. The molecule has 0 amide bonds. The molecular weight excluding hydrogens is 128 g/mol. The van der Waals surface area contributed by atoms with Crippen LogP contribution in [0.5, 0.6) is 0 Å². The molecule has 1 N–H and O–H groups in total. The molecule has 2 aliphatic rings. The van der Waals surface area contributed by atoms with Crippen LogP contribution in [0.2, 0.25) is 0 Å². The van der Waals surface area contributed by atoms with Crippen LogP contribution in [-0.4, -0.2) is 11.1 Å². The lowest BCUT2D eigenvalue weighted by Crippen LogP contribution is -2.13. The second kappa shape index (κ2) is 1.55. The summed E-state index contributed by atoms with van der Waals surface area (Å²) in [6.45, 7) is 1.87. The second-order valence-corrected chi connectivity index (χ2v) is 3.87. The normalized spacial score (nSPS) is 45.1. The van der Waals surface area contributed by atoms with Crippen LogP contribution in [0.1, 0.15) is 26.2 Å². The highest BCUT2D eigenvalue weighted by Gasteiger charge is 2.61. The fourth-order valence-corrected chi connectivity index (χ4v) is 1.83. The van der Waals surface area contributed by atoms with Gasteiger partial charge in [-0.2, -0.15) is 0 Å². The topological polar surface area (TPSA) is 37.3 Å². The summed E-state index contributed by atoms with van der Waals surface area (Å²) in [4.78, 5) is 10.6. The zero-order chi connectivity index (χ0) is 7.35. The van der Waals surface area contributed by atoms with Crippen molar-refractivity contribution in [1.29, 1.82) is 0 Å². The van der Waals surface area contributed by atoms with E-state index in [1.165, 1.54) is 12.8 Å². The number of carboxylic acids is 1. The van der Waals surface area contributed by atoms with Gasteiger partial charge in [-0.05, 0) is 38.0 Å². The minimum absolute atomic E-state index is 0.332. The maximum Gasteiger partial charge on any atom is 0.309 e. The van der Waals surface area contributed by atoms with E-state index in [9.17, 15) is 4.79 Å². The van der Waals surface area contributed by atoms with Crippen molar-refractivity contribution < 1.29 is 9.90 Å². The van der Waals surface area contributed by atoms with E-state index in [1.807, 2.05) is 6.92 Å². The minimum Gasteiger partial charge on any atom is -0.481 e. The Morgan fingerprint density at radius 2 is 2.20 bits per heavy atom. The van der Waals surface area contributed by atoms with Crippen molar-refractivity contribution in [3.05, 3.63) is 0 Å². The van der Waals surface area contributed by atoms with E-state index >= 15 is 0 Å². The summed E-state index contributed by atoms with van der Waals surface area (Å²) >= 11 is 0. The maximum absolute atomic E-state index is 10.6. The van der Waals surface area contributed by atoms with Crippen LogP contribution in [0.25, 0.3) is 0 Å². The maximum atomic E-state index is 10.6. The van der Waals surface area contributed by atoms with Gasteiger partial charge in [0.15, 0.2) is 0 Å². The lowest BCUT2D eigenvalue weighted by Gasteiger charge is -2.01. The van der Waals surface area contributed by atoms with E-state index in [0.717, 1.165) is 12.3 Å². The SMILES string of the molecule is C[C@]1(C(=O)O)C[C@@H]1C1CC1. The van der Waals surface area contributed by atoms with Gasteiger partial charge in [-0.25, -0.2) is 0 Å². The van der Waals surface area contributed by atoms with Crippen LogP contribution >= 0.6 is 0 Å². The van der Waals surface area contributed by atoms with E-state index in [4.69, 9.17) is 5.11 Å². The highest BCUT2D eigenvalue weighted by Crippen LogP contribution is 2.62. The predicted molar refractivity (Wildman–Crippen MR) is 36.6 cm³/mol. The number of carbonyl (C=O) groups is 1. The summed E-state index contributed by atoms with van der Waals surface area (Å²) < 4.78 is 0. The molecule has 2 heteroatoms. The fraction of sp³-hybridized carbons (Fsp3) is 0.875. The first kappa shape index (κ1) is 6.20. The Bertz CT molecular complexity index is 184. The van der Waals surface area contributed by atoms with E-state index in [1.54, 1.807) is 0 Å². The molecule has 0 unspecified atom stereocenters. The standard InChI is InChI=1S/C8H12O2/c1-8(7(9)10)4-6(8)5-2-3-5/h5-6H,2-4H2,1H3,(H,9,10)/t6-,8+/m1/s1. The van der Waals surface area contributed by atoms with Gasteiger partial charge in [0.1, 0.15) is 0 Å². The van der Waals surface area contributed by atoms with Crippen molar-refractivity contribution in [2.75, 3.05) is 0 Å². The van der Waals surface area contributed by atoms with Crippen molar-refractivity contribution in [2.24, 2.45) is 17.3 Å². The van der Waals surface area contributed by atoms with E-state index in [2.05, 4.69) is 0 Å². The van der Waals surface area contributed by atoms with Crippen LogP contribution < -0.4 is 0 Å². The molecule has 2 nitrogen and oxygen atoms in total. The molecule has 2 atom stereocenters. The Hall–Kier alpha value is -0.530. The summed E-state index contributed by atoms with van der Waals surface area (Å²) in [7, 11) is 0. The number of carboxylic acid groups (broad SMARTS) is 1. The predicted octanol–water partition coefficient (Wildman–Crippen LogP) is 1.51. The van der Waals surface area contributed by atoms with Crippen molar-refractivity contribution in [3.8, 4) is 0 Å². The van der Waals surface area contributed by atoms with Gasteiger partial charge in [0, 0.05) is 0 Å². The first-order valence-electron chi connectivity index (χ1n) is 3.88.